The fourth-order valence-corrected chi connectivity index (χ4v) is 2.75. The normalized spacial score (nSPS) is 17.6. The maximum atomic E-state index is 12.4. The lowest BCUT2D eigenvalue weighted by atomic mass is 9.93. The third-order valence-electron chi connectivity index (χ3n) is 3.80. The Morgan fingerprint density at radius 1 is 1.20 bits per heavy atom. The Kier molecular flexibility index (Phi) is 3.66. The molecule has 0 saturated heterocycles. The van der Waals surface area contributed by atoms with E-state index in [4.69, 9.17) is 4.74 Å². The van der Waals surface area contributed by atoms with Gasteiger partial charge in [-0.15, -0.1) is 0 Å². The van der Waals surface area contributed by atoms with Gasteiger partial charge in [0.15, 0.2) is 5.78 Å². The number of rotatable bonds is 3. The zero-order valence-electron chi connectivity index (χ0n) is 11.6. The number of hydrogen-bond acceptors (Lipinski definition) is 2. The predicted octanol–water partition coefficient (Wildman–Crippen LogP) is 3.88. The lowest BCUT2D eigenvalue weighted by Crippen LogP contribution is -2.19. The van der Waals surface area contributed by atoms with Crippen LogP contribution in [0.15, 0.2) is 48.5 Å². The summed E-state index contributed by atoms with van der Waals surface area (Å²) >= 11 is 0. The Bertz CT molecular complexity index is 631. The molecule has 0 radical (unpaired) electrons. The molecule has 0 spiro atoms. The van der Waals surface area contributed by atoms with Crippen LogP contribution in [0.5, 0.6) is 0 Å². The van der Waals surface area contributed by atoms with E-state index in [-0.39, 0.29) is 11.9 Å². The minimum absolute atomic E-state index is 0.104. The van der Waals surface area contributed by atoms with Crippen molar-refractivity contribution in [2.75, 3.05) is 6.61 Å². The molecule has 0 aliphatic carbocycles. The number of ketones is 1. The van der Waals surface area contributed by atoms with Crippen LogP contribution in [0.4, 0.5) is 0 Å². The monoisotopic (exact) mass is 266 g/mol. The van der Waals surface area contributed by atoms with Gasteiger partial charge >= 0.3 is 0 Å². The van der Waals surface area contributed by atoms with Gasteiger partial charge in [-0.1, -0.05) is 48.0 Å². The molecule has 0 amide bonds. The van der Waals surface area contributed by atoms with E-state index in [1.807, 2.05) is 43.3 Å². The topological polar surface area (TPSA) is 26.3 Å². The first-order valence-corrected chi connectivity index (χ1v) is 7.03. The fourth-order valence-electron chi connectivity index (χ4n) is 2.75. The lowest BCUT2D eigenvalue weighted by molar-refractivity contribution is 0.0352. The third-order valence-corrected chi connectivity index (χ3v) is 3.80. The van der Waals surface area contributed by atoms with Gasteiger partial charge in [-0.3, -0.25) is 4.79 Å². The fraction of sp³-hybridized carbons (Fsp3) is 0.278. The highest BCUT2D eigenvalue weighted by Crippen LogP contribution is 2.30. The lowest BCUT2D eigenvalue weighted by Gasteiger charge is -2.25. The maximum absolute atomic E-state index is 12.4. The summed E-state index contributed by atoms with van der Waals surface area (Å²) < 4.78 is 5.81. The number of fused-ring (bicyclic) bond motifs is 1. The zero-order chi connectivity index (χ0) is 13.9. The molecule has 1 heterocycles. The summed E-state index contributed by atoms with van der Waals surface area (Å²) in [4.78, 5) is 12.4. The number of carbonyl (C=O) groups excluding carboxylic acids is 1. The van der Waals surface area contributed by atoms with E-state index < -0.39 is 0 Å². The van der Waals surface area contributed by atoms with E-state index in [0.717, 1.165) is 17.5 Å². The first-order chi connectivity index (χ1) is 9.74. The summed E-state index contributed by atoms with van der Waals surface area (Å²) in [6.07, 6.45) is 1.25. The Balaban J connectivity index is 1.81. The maximum Gasteiger partial charge on any atom is 0.165 e. The van der Waals surface area contributed by atoms with Crippen molar-refractivity contribution in [1.82, 2.24) is 0 Å². The SMILES string of the molecule is Cc1cccc(C(=O)CC2OCCc3ccccc32)c1. The Labute approximate surface area is 119 Å². The molecule has 0 aromatic heterocycles. The van der Waals surface area contributed by atoms with Crippen LogP contribution in [0.3, 0.4) is 0 Å². The number of carbonyl (C=O) groups is 1. The largest absolute Gasteiger partial charge is 0.373 e. The smallest absolute Gasteiger partial charge is 0.165 e. The number of benzene rings is 2. The highest BCUT2D eigenvalue weighted by Gasteiger charge is 2.23. The minimum atomic E-state index is -0.104. The van der Waals surface area contributed by atoms with Crippen LogP contribution in [0.25, 0.3) is 0 Å². The molecule has 102 valence electrons. The van der Waals surface area contributed by atoms with Gasteiger partial charge in [-0.25, -0.2) is 0 Å². The van der Waals surface area contributed by atoms with Gasteiger partial charge in [-0.2, -0.15) is 0 Å². The van der Waals surface area contributed by atoms with Crippen LogP contribution in [-0.4, -0.2) is 12.4 Å². The van der Waals surface area contributed by atoms with E-state index >= 15 is 0 Å². The number of ether oxygens (including phenoxy) is 1. The van der Waals surface area contributed by atoms with Crippen molar-refractivity contribution >= 4 is 5.78 Å². The van der Waals surface area contributed by atoms with Crippen LogP contribution in [0, 0.1) is 6.92 Å². The second kappa shape index (κ2) is 5.59. The van der Waals surface area contributed by atoms with Crippen molar-refractivity contribution in [3.63, 3.8) is 0 Å². The predicted molar refractivity (Wildman–Crippen MR) is 79.0 cm³/mol. The average Bonchev–Trinajstić information content (AvgIpc) is 2.47. The highest BCUT2D eigenvalue weighted by molar-refractivity contribution is 5.96. The molecule has 1 unspecified atom stereocenters. The van der Waals surface area contributed by atoms with Crippen LogP contribution in [0.2, 0.25) is 0 Å². The van der Waals surface area contributed by atoms with Gasteiger partial charge in [-0.05, 0) is 30.5 Å². The average molecular weight is 266 g/mol. The van der Waals surface area contributed by atoms with Crippen molar-refractivity contribution in [1.29, 1.82) is 0 Å². The number of aryl methyl sites for hydroxylation is 1. The molecule has 2 nitrogen and oxygen atoms in total. The second-order valence-electron chi connectivity index (χ2n) is 5.31. The number of hydrogen-bond donors (Lipinski definition) is 0. The standard InChI is InChI=1S/C18H18O2/c1-13-5-4-7-15(11-13)17(19)12-18-16-8-3-2-6-14(16)9-10-20-18/h2-8,11,18H,9-10,12H2,1H3. The van der Waals surface area contributed by atoms with E-state index in [9.17, 15) is 4.79 Å². The van der Waals surface area contributed by atoms with E-state index in [2.05, 4.69) is 12.1 Å². The van der Waals surface area contributed by atoms with Gasteiger partial charge < -0.3 is 4.74 Å². The van der Waals surface area contributed by atoms with E-state index in [1.165, 1.54) is 11.1 Å². The zero-order valence-corrected chi connectivity index (χ0v) is 11.6. The molecule has 3 rings (SSSR count). The van der Waals surface area contributed by atoms with Crippen molar-refractivity contribution < 1.29 is 9.53 Å². The van der Waals surface area contributed by atoms with Gasteiger partial charge in [0, 0.05) is 12.0 Å². The van der Waals surface area contributed by atoms with Crippen molar-refractivity contribution in [3.8, 4) is 0 Å². The summed E-state index contributed by atoms with van der Waals surface area (Å²) in [6.45, 7) is 2.70. The molecule has 20 heavy (non-hydrogen) atoms. The second-order valence-corrected chi connectivity index (χ2v) is 5.31. The van der Waals surface area contributed by atoms with Crippen molar-refractivity contribution in [2.45, 2.75) is 25.9 Å². The third kappa shape index (κ3) is 2.66. The van der Waals surface area contributed by atoms with Crippen molar-refractivity contribution in [2.24, 2.45) is 0 Å². The Morgan fingerprint density at radius 2 is 2.05 bits per heavy atom. The van der Waals surface area contributed by atoms with Crippen LogP contribution >= 0.6 is 0 Å². The van der Waals surface area contributed by atoms with Crippen LogP contribution in [0.1, 0.15) is 39.6 Å². The summed E-state index contributed by atoms with van der Waals surface area (Å²) in [5.41, 5.74) is 4.36. The first-order valence-electron chi connectivity index (χ1n) is 7.03. The van der Waals surface area contributed by atoms with Crippen LogP contribution in [-0.2, 0) is 11.2 Å². The molecule has 1 aliphatic heterocycles. The van der Waals surface area contributed by atoms with Crippen LogP contribution < -0.4 is 0 Å². The summed E-state index contributed by atoms with van der Waals surface area (Å²) in [6, 6.07) is 16.0. The summed E-state index contributed by atoms with van der Waals surface area (Å²) in [7, 11) is 0. The van der Waals surface area contributed by atoms with Gasteiger partial charge in [0.2, 0.25) is 0 Å². The molecule has 2 aromatic carbocycles. The van der Waals surface area contributed by atoms with Crippen molar-refractivity contribution in [3.05, 3.63) is 70.8 Å². The molecule has 0 bridgehead atoms. The first kappa shape index (κ1) is 13.1. The van der Waals surface area contributed by atoms with Gasteiger partial charge in [0.05, 0.1) is 12.7 Å². The minimum Gasteiger partial charge on any atom is -0.373 e. The molecule has 1 atom stereocenters. The molecule has 2 aromatic rings. The molecule has 0 N–H and O–H groups in total. The molecule has 0 fully saturated rings. The summed E-state index contributed by atoms with van der Waals surface area (Å²) in [5.74, 6) is 0.149. The summed E-state index contributed by atoms with van der Waals surface area (Å²) in [5, 5.41) is 0. The highest BCUT2D eigenvalue weighted by atomic mass is 16.5. The van der Waals surface area contributed by atoms with Gasteiger partial charge in [0.1, 0.15) is 0 Å². The Morgan fingerprint density at radius 3 is 2.90 bits per heavy atom. The van der Waals surface area contributed by atoms with E-state index in [1.54, 1.807) is 0 Å². The van der Waals surface area contributed by atoms with Gasteiger partial charge in [0.25, 0.3) is 0 Å². The molecule has 0 saturated carbocycles. The molecule has 2 heteroatoms. The Hall–Kier alpha value is -1.93. The molecular formula is C18H18O2. The number of Topliss-reactive ketones (excluding diaryl/α,β-unsaturated/α-hetero) is 1. The molecule has 1 aliphatic rings. The molecular weight excluding hydrogens is 248 g/mol. The van der Waals surface area contributed by atoms with E-state index in [0.29, 0.717) is 13.0 Å². The quantitative estimate of drug-likeness (QED) is 0.788.